The van der Waals surface area contributed by atoms with Gasteiger partial charge in [-0.2, -0.15) is 0 Å². The Morgan fingerprint density at radius 2 is 1.42 bits per heavy atom. The van der Waals surface area contributed by atoms with Gasteiger partial charge in [0.1, 0.15) is 6.54 Å². The van der Waals surface area contributed by atoms with Crippen molar-refractivity contribution in [2.45, 2.75) is 33.6 Å². The van der Waals surface area contributed by atoms with Crippen LogP contribution in [0.1, 0.15) is 33.6 Å². The van der Waals surface area contributed by atoms with E-state index in [9.17, 15) is 0 Å². The van der Waals surface area contributed by atoms with Gasteiger partial charge < -0.3 is 9.59 Å². The Balaban J connectivity index is 4.06. The third-order valence-electron chi connectivity index (χ3n) is 2.64. The summed E-state index contributed by atoms with van der Waals surface area (Å²) in [5.74, 6) is 0. The molecule has 0 bridgehead atoms. The van der Waals surface area contributed by atoms with Crippen molar-refractivity contribution in [2.24, 2.45) is 0 Å². The van der Waals surface area contributed by atoms with E-state index in [2.05, 4.69) is 20.8 Å². The Kier molecular flexibility index (Phi) is 6.39. The van der Waals surface area contributed by atoms with Gasteiger partial charge in [-0.3, -0.25) is 0 Å². The summed E-state index contributed by atoms with van der Waals surface area (Å²) in [7, 11) is 0. The molecular formula is C10H24NO+. The van der Waals surface area contributed by atoms with Gasteiger partial charge in [0.2, 0.25) is 0 Å². The number of likely N-dealkylation sites (N-methyl/N-ethyl adjacent to an activating group) is 1. The SMILES string of the molecule is CCC[N+](CC)(CCC)CCO. The first-order valence-electron chi connectivity index (χ1n) is 5.20. The largest absolute Gasteiger partial charge is 0.391 e. The first-order valence-corrected chi connectivity index (χ1v) is 5.20. The maximum atomic E-state index is 8.97. The van der Waals surface area contributed by atoms with Crippen molar-refractivity contribution < 1.29 is 9.59 Å². The normalized spacial score (nSPS) is 12.0. The molecule has 0 aromatic rings. The summed E-state index contributed by atoms with van der Waals surface area (Å²) in [6.45, 7) is 11.5. The minimum atomic E-state index is 0.327. The maximum absolute atomic E-state index is 8.97. The van der Waals surface area contributed by atoms with Crippen molar-refractivity contribution in [2.75, 3.05) is 32.8 Å². The van der Waals surface area contributed by atoms with Crippen LogP contribution < -0.4 is 0 Å². The molecule has 0 amide bonds. The third kappa shape index (κ3) is 3.55. The van der Waals surface area contributed by atoms with Gasteiger partial charge in [0.15, 0.2) is 0 Å². The van der Waals surface area contributed by atoms with Crippen LogP contribution in [-0.2, 0) is 0 Å². The molecule has 0 rings (SSSR count). The Morgan fingerprint density at radius 3 is 1.67 bits per heavy atom. The molecule has 0 aliphatic carbocycles. The van der Waals surface area contributed by atoms with E-state index in [4.69, 9.17) is 5.11 Å². The molecule has 0 aliphatic heterocycles. The predicted molar refractivity (Wildman–Crippen MR) is 53.1 cm³/mol. The first kappa shape index (κ1) is 11.9. The summed E-state index contributed by atoms with van der Waals surface area (Å²) in [5.41, 5.74) is 0. The summed E-state index contributed by atoms with van der Waals surface area (Å²) >= 11 is 0. The van der Waals surface area contributed by atoms with Crippen molar-refractivity contribution in [3.63, 3.8) is 0 Å². The van der Waals surface area contributed by atoms with E-state index < -0.39 is 0 Å². The smallest absolute Gasteiger partial charge is 0.102 e. The molecule has 12 heavy (non-hydrogen) atoms. The molecule has 0 saturated carbocycles. The van der Waals surface area contributed by atoms with Crippen LogP contribution in [0.4, 0.5) is 0 Å². The Hall–Kier alpha value is -0.0800. The average Bonchev–Trinajstić information content (AvgIpc) is 2.06. The molecule has 0 fully saturated rings. The van der Waals surface area contributed by atoms with Crippen molar-refractivity contribution in [1.29, 1.82) is 0 Å². The van der Waals surface area contributed by atoms with Crippen molar-refractivity contribution in [3.05, 3.63) is 0 Å². The summed E-state index contributed by atoms with van der Waals surface area (Å²) in [6.07, 6.45) is 2.43. The average molecular weight is 174 g/mol. The Morgan fingerprint density at radius 1 is 0.917 bits per heavy atom. The molecule has 2 heteroatoms. The zero-order chi connectivity index (χ0) is 9.45. The quantitative estimate of drug-likeness (QED) is 0.582. The highest BCUT2D eigenvalue weighted by molar-refractivity contribution is 4.41. The number of hydrogen-bond acceptors (Lipinski definition) is 1. The van der Waals surface area contributed by atoms with Gasteiger partial charge in [-0.05, 0) is 19.8 Å². The lowest BCUT2D eigenvalue weighted by molar-refractivity contribution is -0.926. The minimum absolute atomic E-state index is 0.327. The van der Waals surface area contributed by atoms with Gasteiger partial charge in [-0.25, -0.2) is 0 Å². The molecule has 0 saturated heterocycles. The second kappa shape index (κ2) is 6.44. The molecule has 0 unspecified atom stereocenters. The highest BCUT2D eigenvalue weighted by Gasteiger charge is 2.21. The number of nitrogens with zero attached hydrogens (tertiary/aromatic N) is 1. The molecule has 0 heterocycles. The fraction of sp³-hybridized carbons (Fsp3) is 1.00. The molecule has 0 aromatic heterocycles. The lowest BCUT2D eigenvalue weighted by Gasteiger charge is -2.37. The number of aliphatic hydroxyl groups excluding tert-OH is 1. The zero-order valence-electron chi connectivity index (χ0n) is 8.84. The highest BCUT2D eigenvalue weighted by atomic mass is 16.3. The van der Waals surface area contributed by atoms with Gasteiger partial charge in [0, 0.05) is 0 Å². The van der Waals surface area contributed by atoms with E-state index >= 15 is 0 Å². The van der Waals surface area contributed by atoms with Crippen molar-refractivity contribution >= 4 is 0 Å². The fourth-order valence-corrected chi connectivity index (χ4v) is 1.97. The van der Waals surface area contributed by atoms with E-state index in [-0.39, 0.29) is 0 Å². The third-order valence-corrected chi connectivity index (χ3v) is 2.64. The van der Waals surface area contributed by atoms with Crippen LogP contribution in [-0.4, -0.2) is 42.4 Å². The minimum Gasteiger partial charge on any atom is -0.391 e. The number of hydrogen-bond donors (Lipinski definition) is 1. The van der Waals surface area contributed by atoms with Gasteiger partial charge in [0.25, 0.3) is 0 Å². The Bertz CT molecular complexity index is 87.0. The van der Waals surface area contributed by atoms with E-state index in [1.54, 1.807) is 0 Å². The van der Waals surface area contributed by atoms with Crippen LogP contribution in [0.3, 0.4) is 0 Å². The van der Waals surface area contributed by atoms with E-state index in [1.807, 2.05) is 0 Å². The molecule has 0 aromatic carbocycles. The highest BCUT2D eigenvalue weighted by Crippen LogP contribution is 2.08. The van der Waals surface area contributed by atoms with Crippen LogP contribution in [0, 0.1) is 0 Å². The molecule has 1 N–H and O–H groups in total. The molecule has 0 radical (unpaired) electrons. The molecule has 0 atom stereocenters. The second-order valence-electron chi connectivity index (χ2n) is 3.55. The van der Waals surface area contributed by atoms with Gasteiger partial charge in [0.05, 0.1) is 26.2 Å². The fourth-order valence-electron chi connectivity index (χ4n) is 1.97. The summed E-state index contributed by atoms with van der Waals surface area (Å²) < 4.78 is 1.10. The van der Waals surface area contributed by atoms with Crippen molar-refractivity contribution in [1.82, 2.24) is 0 Å². The van der Waals surface area contributed by atoms with Gasteiger partial charge in [-0.15, -0.1) is 0 Å². The summed E-state index contributed by atoms with van der Waals surface area (Å²) in [4.78, 5) is 0. The lowest BCUT2D eigenvalue weighted by Crippen LogP contribution is -2.50. The van der Waals surface area contributed by atoms with Crippen LogP contribution in [0.5, 0.6) is 0 Å². The molecule has 0 aliphatic rings. The second-order valence-corrected chi connectivity index (χ2v) is 3.55. The van der Waals surface area contributed by atoms with Crippen LogP contribution in [0.25, 0.3) is 0 Å². The topological polar surface area (TPSA) is 20.2 Å². The van der Waals surface area contributed by atoms with Crippen LogP contribution in [0.2, 0.25) is 0 Å². The van der Waals surface area contributed by atoms with E-state index in [0.29, 0.717) is 6.61 Å². The lowest BCUT2D eigenvalue weighted by atomic mass is 10.2. The summed E-state index contributed by atoms with van der Waals surface area (Å²) in [5, 5.41) is 8.97. The van der Waals surface area contributed by atoms with Crippen LogP contribution in [0.15, 0.2) is 0 Å². The van der Waals surface area contributed by atoms with E-state index in [1.165, 1.54) is 25.9 Å². The Labute approximate surface area is 76.8 Å². The van der Waals surface area contributed by atoms with Gasteiger partial charge in [-0.1, -0.05) is 13.8 Å². The first-order chi connectivity index (χ1) is 5.74. The molecule has 2 nitrogen and oxygen atoms in total. The number of rotatable bonds is 7. The van der Waals surface area contributed by atoms with Crippen molar-refractivity contribution in [3.8, 4) is 0 Å². The molecule has 74 valence electrons. The van der Waals surface area contributed by atoms with Gasteiger partial charge >= 0.3 is 0 Å². The molecular weight excluding hydrogens is 150 g/mol. The number of aliphatic hydroxyl groups is 1. The standard InChI is InChI=1S/C10H24NO/c1-4-7-11(6-3,8-5-2)9-10-12/h12H,4-10H2,1-3H3/q+1. The molecule has 0 spiro atoms. The number of quaternary nitrogens is 1. The predicted octanol–water partition coefficient (Wildman–Crippen LogP) is 1.64. The maximum Gasteiger partial charge on any atom is 0.102 e. The zero-order valence-corrected chi connectivity index (χ0v) is 8.84. The summed E-state index contributed by atoms with van der Waals surface area (Å²) in [6, 6.07) is 0. The monoisotopic (exact) mass is 174 g/mol. The van der Waals surface area contributed by atoms with E-state index in [0.717, 1.165) is 17.6 Å². The van der Waals surface area contributed by atoms with Crippen LogP contribution >= 0.6 is 0 Å².